The van der Waals surface area contributed by atoms with Crippen LogP contribution in [0.5, 0.6) is 5.75 Å². The number of rotatable bonds is 9. The number of halogens is 6. The molecule has 1 fully saturated rings. The minimum absolute atomic E-state index is 0.0123. The van der Waals surface area contributed by atoms with Crippen LogP contribution in [0.4, 0.5) is 32.2 Å². The molecule has 0 amide bonds. The highest BCUT2D eigenvalue weighted by Gasteiger charge is 2.44. The average molecular weight is 676 g/mol. The van der Waals surface area contributed by atoms with Gasteiger partial charge in [-0.3, -0.25) is 14.5 Å². The van der Waals surface area contributed by atoms with E-state index in [0.29, 0.717) is 23.0 Å². The van der Waals surface area contributed by atoms with Crippen LogP contribution in [0.25, 0.3) is 22.4 Å². The molecule has 0 spiro atoms. The Kier molecular flexibility index (Phi) is 11.4. The van der Waals surface area contributed by atoms with Gasteiger partial charge >= 0.3 is 0 Å². The summed E-state index contributed by atoms with van der Waals surface area (Å²) in [5.74, 6) is 2.31. The molecule has 1 aliphatic rings. The predicted molar refractivity (Wildman–Crippen MR) is 164 cm³/mol. The molecule has 246 valence electrons. The van der Waals surface area contributed by atoms with Gasteiger partial charge in [0.25, 0.3) is 18.8 Å². The van der Waals surface area contributed by atoms with Crippen LogP contribution >= 0.6 is 11.8 Å². The van der Waals surface area contributed by atoms with Gasteiger partial charge in [-0.1, -0.05) is 12.0 Å². The molecular formula is C31H27F6N7O2S. The number of ether oxygens (including phenoxy) is 1. The first-order chi connectivity index (χ1) is 22.5. The Morgan fingerprint density at radius 2 is 1.89 bits per heavy atom. The van der Waals surface area contributed by atoms with E-state index in [-0.39, 0.29) is 51.8 Å². The van der Waals surface area contributed by atoms with Crippen molar-refractivity contribution >= 4 is 29.4 Å². The van der Waals surface area contributed by atoms with Crippen molar-refractivity contribution in [3.63, 3.8) is 0 Å². The first-order valence-electron chi connectivity index (χ1n) is 13.8. The summed E-state index contributed by atoms with van der Waals surface area (Å²) in [6.07, 6.45) is -2.51. The van der Waals surface area contributed by atoms with Gasteiger partial charge in [-0.15, -0.1) is 0 Å². The van der Waals surface area contributed by atoms with E-state index in [1.807, 2.05) is 0 Å². The molecule has 1 aliphatic carbocycles. The Labute approximate surface area is 269 Å². The third-order valence-corrected chi connectivity index (χ3v) is 7.55. The molecule has 0 atom stereocenters. The standard InChI is InChI=1S/C30H22F6N6O2S.CH5N/c1-37-27-28(40-18(13-39-27)5-3-16-11-30(35,36)12-16)45-29(43)19-6-4-17(22-7-8-42(41-22)15-25(31)32)9-20(19)21-10-23(26(33)34)38-14-24(21)44-2;1-2/h4,6-10,13-14,16,25-26H,1,11-12,15H2,2H3;2H2,1H3. The van der Waals surface area contributed by atoms with Crippen molar-refractivity contribution in [1.29, 1.82) is 0 Å². The highest BCUT2D eigenvalue weighted by atomic mass is 32.2. The van der Waals surface area contributed by atoms with Gasteiger partial charge in [0.2, 0.25) is 5.12 Å². The van der Waals surface area contributed by atoms with Crippen LogP contribution in [-0.2, 0) is 6.54 Å². The molecule has 4 aromatic rings. The fraction of sp³-hybridized carbons (Fsp3) is 0.290. The largest absolute Gasteiger partial charge is 0.494 e. The zero-order chi connectivity index (χ0) is 34.3. The fourth-order valence-electron chi connectivity index (χ4n) is 4.50. The van der Waals surface area contributed by atoms with Crippen LogP contribution in [0.2, 0.25) is 0 Å². The van der Waals surface area contributed by atoms with Gasteiger partial charge in [-0.25, -0.2) is 41.3 Å². The summed E-state index contributed by atoms with van der Waals surface area (Å²) >= 11 is 0.619. The minimum atomic E-state index is -2.93. The number of carbonyl (C=O) groups excluding carboxylic acids is 1. The van der Waals surface area contributed by atoms with Gasteiger partial charge < -0.3 is 10.5 Å². The van der Waals surface area contributed by atoms with Crippen LogP contribution in [0.1, 0.15) is 41.0 Å². The zero-order valence-electron chi connectivity index (χ0n) is 24.9. The number of hydrogen-bond donors (Lipinski definition) is 1. The maximum atomic E-state index is 13.8. The average Bonchev–Trinajstić information content (AvgIpc) is 3.51. The molecule has 0 aliphatic heterocycles. The summed E-state index contributed by atoms with van der Waals surface area (Å²) in [6.45, 7) is 2.81. The molecule has 0 bridgehead atoms. The number of aromatic nitrogens is 5. The third-order valence-electron chi connectivity index (χ3n) is 6.68. The van der Waals surface area contributed by atoms with E-state index in [9.17, 15) is 31.1 Å². The fourth-order valence-corrected chi connectivity index (χ4v) is 5.32. The van der Waals surface area contributed by atoms with Crippen molar-refractivity contribution in [2.24, 2.45) is 16.6 Å². The van der Waals surface area contributed by atoms with Crippen molar-refractivity contribution in [3.05, 3.63) is 65.9 Å². The van der Waals surface area contributed by atoms with Crippen molar-refractivity contribution < 1.29 is 35.9 Å². The maximum absolute atomic E-state index is 13.8. The number of methoxy groups -OCH3 is 1. The number of alkyl halides is 6. The minimum Gasteiger partial charge on any atom is -0.494 e. The second kappa shape index (κ2) is 15.2. The number of pyridine rings is 1. The van der Waals surface area contributed by atoms with Crippen molar-refractivity contribution in [2.75, 3.05) is 14.2 Å². The zero-order valence-corrected chi connectivity index (χ0v) is 25.7. The Balaban J connectivity index is 0.00000245. The Bertz CT molecular complexity index is 1820. The van der Waals surface area contributed by atoms with Gasteiger partial charge in [0.15, 0.2) is 10.8 Å². The summed E-state index contributed by atoms with van der Waals surface area (Å²) < 4.78 is 85.9. The Morgan fingerprint density at radius 1 is 1.15 bits per heavy atom. The SMILES string of the molecule is C=Nc1ncc(C#CC2CC(F)(F)C2)nc1SC(=O)c1ccc(-c2ccn(CC(F)F)n2)cc1-c1cc(C(F)F)ncc1OC.CN. The van der Waals surface area contributed by atoms with Gasteiger partial charge in [0.1, 0.15) is 23.7 Å². The summed E-state index contributed by atoms with van der Waals surface area (Å²) in [4.78, 5) is 29.7. The molecule has 1 saturated carbocycles. The number of nitrogens with two attached hydrogens (primary N) is 1. The van der Waals surface area contributed by atoms with E-state index >= 15 is 0 Å². The summed E-state index contributed by atoms with van der Waals surface area (Å²) in [5.41, 5.74) is 5.09. The van der Waals surface area contributed by atoms with Gasteiger partial charge in [0, 0.05) is 41.6 Å². The highest BCUT2D eigenvalue weighted by molar-refractivity contribution is 8.14. The van der Waals surface area contributed by atoms with E-state index in [0.717, 1.165) is 16.9 Å². The third kappa shape index (κ3) is 8.54. The molecule has 0 radical (unpaired) electrons. The van der Waals surface area contributed by atoms with E-state index in [1.165, 1.54) is 50.8 Å². The topological polar surface area (TPSA) is 121 Å². The lowest BCUT2D eigenvalue weighted by atomic mass is 9.82. The molecule has 1 aromatic carbocycles. The lowest BCUT2D eigenvalue weighted by Gasteiger charge is -2.31. The quantitative estimate of drug-likeness (QED) is 0.0886. The van der Waals surface area contributed by atoms with E-state index in [4.69, 9.17) is 4.74 Å². The molecule has 5 rings (SSSR count). The maximum Gasteiger partial charge on any atom is 0.280 e. The second-order valence-electron chi connectivity index (χ2n) is 9.85. The van der Waals surface area contributed by atoms with Crippen LogP contribution in [0.3, 0.4) is 0 Å². The van der Waals surface area contributed by atoms with Crippen molar-refractivity contribution in [2.45, 2.75) is 43.2 Å². The summed E-state index contributed by atoms with van der Waals surface area (Å²) in [5, 5.41) is 3.58. The normalized spacial score (nSPS) is 13.7. The lowest BCUT2D eigenvalue weighted by molar-refractivity contribution is -0.0936. The number of hydrogen-bond acceptors (Lipinski definition) is 9. The first kappa shape index (κ1) is 35.1. The molecule has 9 nitrogen and oxygen atoms in total. The number of carbonyl (C=O) groups is 1. The van der Waals surface area contributed by atoms with Gasteiger partial charge in [-0.05, 0) is 61.3 Å². The number of nitrogens with zero attached hydrogens (tertiary/aromatic N) is 6. The second-order valence-corrected chi connectivity index (χ2v) is 10.8. The lowest BCUT2D eigenvalue weighted by Crippen LogP contribution is -2.34. The van der Waals surface area contributed by atoms with Crippen molar-refractivity contribution in [3.8, 4) is 40.0 Å². The van der Waals surface area contributed by atoms with Gasteiger partial charge in [0.05, 0.1) is 25.2 Å². The number of benzene rings is 1. The monoisotopic (exact) mass is 675 g/mol. The van der Waals surface area contributed by atoms with Crippen LogP contribution in [0, 0.1) is 17.8 Å². The molecule has 47 heavy (non-hydrogen) atoms. The van der Waals surface area contributed by atoms with Gasteiger partial charge in [-0.2, -0.15) is 5.10 Å². The highest BCUT2D eigenvalue weighted by Crippen LogP contribution is 2.42. The Morgan fingerprint density at radius 3 is 2.53 bits per heavy atom. The first-order valence-corrected chi connectivity index (χ1v) is 14.6. The molecule has 3 aromatic heterocycles. The van der Waals surface area contributed by atoms with Crippen LogP contribution < -0.4 is 10.5 Å². The van der Waals surface area contributed by atoms with E-state index in [2.05, 4.69) is 49.3 Å². The molecule has 3 heterocycles. The van der Waals surface area contributed by atoms with Crippen LogP contribution in [0.15, 0.2) is 58.9 Å². The number of aliphatic imine (C=N–C) groups is 1. The Hall–Kier alpha value is -4.75. The molecule has 16 heteroatoms. The molecule has 0 saturated heterocycles. The summed E-state index contributed by atoms with van der Waals surface area (Å²) in [7, 11) is 2.81. The van der Waals surface area contributed by atoms with Crippen LogP contribution in [-0.4, -0.2) is 63.1 Å². The van der Waals surface area contributed by atoms with E-state index < -0.39 is 42.0 Å². The predicted octanol–water partition coefficient (Wildman–Crippen LogP) is 6.85. The molecule has 0 unspecified atom stereocenters. The smallest absolute Gasteiger partial charge is 0.280 e. The number of thioether (sulfide) groups is 1. The molecule has 2 N–H and O–H groups in total. The van der Waals surface area contributed by atoms with E-state index in [1.54, 1.807) is 0 Å². The molecular weight excluding hydrogens is 648 g/mol. The van der Waals surface area contributed by atoms with Crippen molar-refractivity contribution in [1.82, 2.24) is 24.7 Å². The summed E-state index contributed by atoms with van der Waals surface area (Å²) in [6, 6.07) is 7.06.